The highest BCUT2D eigenvalue weighted by Gasteiger charge is 1.89. The summed E-state index contributed by atoms with van der Waals surface area (Å²) in [6, 6.07) is 10.5. The van der Waals surface area contributed by atoms with Crippen molar-refractivity contribution in [3.63, 3.8) is 0 Å². The Morgan fingerprint density at radius 2 is 2.00 bits per heavy atom. The lowest BCUT2D eigenvalue weighted by atomic mass is 9.96. The Balaban J connectivity index is 2.43. The predicted molar refractivity (Wildman–Crippen MR) is 49.4 cm³/mol. The van der Waals surface area contributed by atoms with E-state index in [2.05, 4.69) is 37.1 Å². The smallest absolute Gasteiger partial charge is 0.196 e. The molecule has 0 atom stereocenters. The number of hydrogen-bond acceptors (Lipinski definition) is 1. The van der Waals surface area contributed by atoms with E-state index in [-0.39, 0.29) is 0 Å². The predicted octanol–water partition coefficient (Wildman–Crippen LogP) is 2.17. The van der Waals surface area contributed by atoms with Crippen molar-refractivity contribution in [1.82, 2.24) is 0 Å². The average molecular weight is 149 g/mol. The fourth-order valence-corrected chi connectivity index (χ4v) is 1.15. The summed E-state index contributed by atoms with van der Waals surface area (Å²) >= 11 is 1.77. The fourth-order valence-electron chi connectivity index (χ4n) is 0.794. The third kappa shape index (κ3) is 2.48. The van der Waals surface area contributed by atoms with Crippen LogP contribution in [-0.2, 0) is 6.32 Å². The normalized spacial score (nSPS) is 9.30. The number of benzene rings is 1. The van der Waals surface area contributed by atoms with Gasteiger partial charge in [0.05, 0.1) is 0 Å². The maximum absolute atomic E-state index is 2.20. The zero-order valence-corrected chi connectivity index (χ0v) is 6.90. The Morgan fingerprint density at radius 1 is 1.30 bits per heavy atom. The Labute approximate surface area is 67.2 Å². The molecule has 0 aliphatic rings. The van der Waals surface area contributed by atoms with Gasteiger partial charge in [-0.2, -0.15) is 0 Å². The Morgan fingerprint density at radius 3 is 2.60 bits per heavy atom. The van der Waals surface area contributed by atoms with Crippen LogP contribution in [0.3, 0.4) is 0 Å². The molecule has 1 aromatic rings. The van der Waals surface area contributed by atoms with Crippen molar-refractivity contribution >= 4 is 18.2 Å². The molecule has 1 rings (SSSR count). The van der Waals surface area contributed by atoms with Crippen LogP contribution in [0.25, 0.3) is 0 Å². The summed E-state index contributed by atoms with van der Waals surface area (Å²) in [5.74, 6) is 0. The van der Waals surface area contributed by atoms with E-state index in [1.165, 1.54) is 5.56 Å². The molecule has 0 aliphatic carbocycles. The van der Waals surface area contributed by atoms with Crippen LogP contribution in [-0.4, -0.2) is 12.8 Å². The van der Waals surface area contributed by atoms with Crippen molar-refractivity contribution in [2.75, 3.05) is 6.26 Å². The van der Waals surface area contributed by atoms with Gasteiger partial charge in [0.15, 0.2) is 6.56 Å². The van der Waals surface area contributed by atoms with Crippen LogP contribution in [0, 0.1) is 0 Å². The molecule has 0 fully saturated rings. The molecule has 0 heterocycles. The van der Waals surface area contributed by atoms with E-state index in [4.69, 9.17) is 0 Å². The van der Waals surface area contributed by atoms with Gasteiger partial charge in [0.2, 0.25) is 0 Å². The molecule has 0 nitrogen and oxygen atoms in total. The SMILES string of the molecule is CS[B]Cc1ccccc1. The van der Waals surface area contributed by atoms with Gasteiger partial charge in [-0.05, 0) is 12.6 Å². The molecule has 0 spiro atoms. The van der Waals surface area contributed by atoms with E-state index in [0.29, 0.717) is 0 Å². The molecule has 51 valence electrons. The molecule has 0 bridgehead atoms. The van der Waals surface area contributed by atoms with Gasteiger partial charge in [0.25, 0.3) is 0 Å². The number of hydrogen-bond donors (Lipinski definition) is 0. The molecular formula is C8H10BS. The van der Waals surface area contributed by atoms with Crippen molar-refractivity contribution in [2.24, 2.45) is 0 Å². The zero-order chi connectivity index (χ0) is 7.23. The van der Waals surface area contributed by atoms with Crippen molar-refractivity contribution in [3.8, 4) is 0 Å². The number of rotatable bonds is 3. The Hall–Kier alpha value is -0.365. The van der Waals surface area contributed by atoms with Gasteiger partial charge in [-0.15, -0.1) is 0 Å². The van der Waals surface area contributed by atoms with Crippen LogP contribution in [0.2, 0.25) is 0 Å². The molecule has 0 amide bonds. The molecule has 0 saturated carbocycles. The van der Waals surface area contributed by atoms with Gasteiger partial charge >= 0.3 is 0 Å². The van der Waals surface area contributed by atoms with Crippen molar-refractivity contribution < 1.29 is 0 Å². The third-order valence-corrected chi connectivity index (χ3v) is 1.83. The third-order valence-electron chi connectivity index (χ3n) is 1.33. The van der Waals surface area contributed by atoms with Gasteiger partial charge in [0.1, 0.15) is 0 Å². The minimum Gasteiger partial charge on any atom is -0.221 e. The second kappa shape index (κ2) is 4.45. The lowest BCUT2D eigenvalue weighted by Gasteiger charge is -1.94. The molecule has 1 aromatic carbocycles. The molecule has 0 unspecified atom stereocenters. The summed E-state index contributed by atoms with van der Waals surface area (Å²) in [7, 11) is 0. The molecule has 0 aliphatic heterocycles. The first kappa shape index (κ1) is 7.74. The monoisotopic (exact) mass is 149 g/mol. The van der Waals surface area contributed by atoms with E-state index in [1.807, 2.05) is 6.07 Å². The minimum absolute atomic E-state index is 1.07. The van der Waals surface area contributed by atoms with Crippen molar-refractivity contribution in [3.05, 3.63) is 35.9 Å². The largest absolute Gasteiger partial charge is 0.221 e. The van der Waals surface area contributed by atoms with E-state index in [9.17, 15) is 0 Å². The molecule has 1 radical (unpaired) electrons. The molecule has 10 heavy (non-hydrogen) atoms. The summed E-state index contributed by atoms with van der Waals surface area (Å²) in [6.45, 7) is 2.20. The van der Waals surface area contributed by atoms with Gasteiger partial charge in [-0.1, -0.05) is 35.9 Å². The van der Waals surface area contributed by atoms with E-state index in [0.717, 1.165) is 6.32 Å². The minimum atomic E-state index is 1.07. The average Bonchev–Trinajstić information content (AvgIpc) is 2.03. The Kier molecular flexibility index (Phi) is 3.44. The summed E-state index contributed by atoms with van der Waals surface area (Å²) in [6.07, 6.45) is 3.16. The lowest BCUT2D eigenvalue weighted by molar-refractivity contribution is 1.40. The summed E-state index contributed by atoms with van der Waals surface area (Å²) in [5.41, 5.74) is 1.39. The van der Waals surface area contributed by atoms with Gasteiger partial charge in [0, 0.05) is 0 Å². The lowest BCUT2D eigenvalue weighted by Crippen LogP contribution is -1.89. The van der Waals surface area contributed by atoms with Crippen LogP contribution in [0.1, 0.15) is 5.56 Å². The van der Waals surface area contributed by atoms with Crippen molar-refractivity contribution in [1.29, 1.82) is 0 Å². The summed E-state index contributed by atoms with van der Waals surface area (Å²) in [5, 5.41) is 0. The van der Waals surface area contributed by atoms with Gasteiger partial charge in [-0.25, -0.2) is 11.6 Å². The highest BCUT2D eigenvalue weighted by Crippen LogP contribution is 2.01. The van der Waals surface area contributed by atoms with Crippen molar-refractivity contribution in [2.45, 2.75) is 6.32 Å². The van der Waals surface area contributed by atoms with Crippen LogP contribution >= 0.6 is 11.6 Å². The topological polar surface area (TPSA) is 0 Å². The first-order chi connectivity index (χ1) is 4.93. The molecule has 0 N–H and O–H groups in total. The first-order valence-corrected chi connectivity index (χ1v) is 4.60. The van der Waals surface area contributed by atoms with Crippen LogP contribution in [0.4, 0.5) is 0 Å². The van der Waals surface area contributed by atoms with Crippen LogP contribution in [0.5, 0.6) is 0 Å². The summed E-state index contributed by atoms with van der Waals surface area (Å²) in [4.78, 5) is 0. The zero-order valence-electron chi connectivity index (χ0n) is 6.08. The molecule has 2 heteroatoms. The van der Waals surface area contributed by atoms with Crippen LogP contribution in [0.15, 0.2) is 30.3 Å². The van der Waals surface area contributed by atoms with E-state index >= 15 is 0 Å². The fraction of sp³-hybridized carbons (Fsp3) is 0.250. The Bertz CT molecular complexity index is 174. The quantitative estimate of drug-likeness (QED) is 0.593. The van der Waals surface area contributed by atoms with Gasteiger partial charge < -0.3 is 0 Å². The molecule has 0 aromatic heterocycles. The second-order valence-electron chi connectivity index (χ2n) is 2.09. The highest BCUT2D eigenvalue weighted by atomic mass is 32.2. The highest BCUT2D eigenvalue weighted by molar-refractivity contribution is 8.21. The standard InChI is InChI=1S/C8H10BS/c1-10-9-7-8-5-3-2-4-6-8/h2-6H,7H2,1H3. The summed E-state index contributed by atoms with van der Waals surface area (Å²) < 4.78 is 0. The second-order valence-corrected chi connectivity index (χ2v) is 2.90. The molecule has 0 saturated heterocycles. The van der Waals surface area contributed by atoms with E-state index in [1.54, 1.807) is 11.6 Å². The maximum Gasteiger partial charge on any atom is 0.196 e. The van der Waals surface area contributed by atoms with Crippen LogP contribution < -0.4 is 0 Å². The maximum atomic E-state index is 2.20. The first-order valence-electron chi connectivity index (χ1n) is 3.32. The van der Waals surface area contributed by atoms with Gasteiger partial charge in [-0.3, -0.25) is 0 Å². The van der Waals surface area contributed by atoms with E-state index < -0.39 is 0 Å². The molecular weight excluding hydrogens is 139 g/mol.